The molecule has 0 saturated carbocycles. The highest BCUT2D eigenvalue weighted by molar-refractivity contribution is 5.34. The number of aliphatic hydroxyl groups is 1. The summed E-state index contributed by atoms with van der Waals surface area (Å²) in [5.74, 6) is 0. The molecule has 0 radical (unpaired) electrons. The van der Waals surface area contributed by atoms with Gasteiger partial charge in [0.15, 0.2) is 0 Å². The molecular formula is C15H25NO. The summed E-state index contributed by atoms with van der Waals surface area (Å²) in [5.41, 5.74) is 4.15. The number of aryl methyl sites for hydroxylation is 2. The molecule has 0 bridgehead atoms. The van der Waals surface area contributed by atoms with Crippen molar-refractivity contribution < 1.29 is 5.11 Å². The quantitative estimate of drug-likeness (QED) is 0.819. The first-order chi connectivity index (χ1) is 8.13. The topological polar surface area (TPSA) is 23.5 Å². The van der Waals surface area contributed by atoms with Gasteiger partial charge in [-0.2, -0.15) is 0 Å². The summed E-state index contributed by atoms with van der Waals surface area (Å²) in [4.78, 5) is 2.20. The Balaban J connectivity index is 3.13. The van der Waals surface area contributed by atoms with Crippen molar-refractivity contribution in [3.63, 3.8) is 0 Å². The third-order valence-corrected chi connectivity index (χ3v) is 3.38. The van der Waals surface area contributed by atoms with Crippen LogP contribution in [0.2, 0.25) is 0 Å². The van der Waals surface area contributed by atoms with Crippen molar-refractivity contribution in [3.05, 3.63) is 34.9 Å². The summed E-state index contributed by atoms with van der Waals surface area (Å²) in [6.07, 6.45) is 2.92. The largest absolute Gasteiger partial charge is 0.396 e. The first kappa shape index (κ1) is 14.2. The summed E-state index contributed by atoms with van der Waals surface area (Å²) < 4.78 is 0. The fourth-order valence-corrected chi connectivity index (χ4v) is 2.31. The molecule has 2 nitrogen and oxygen atoms in total. The molecule has 1 aromatic carbocycles. The van der Waals surface area contributed by atoms with E-state index >= 15 is 0 Å². The van der Waals surface area contributed by atoms with E-state index < -0.39 is 0 Å². The maximum atomic E-state index is 9.21. The standard InChI is InChI=1S/C15H25NO/c1-5-12-7-8-13(6-2)14(11-12)15(9-10-17)16(3)4/h7-8,11,15,17H,5-6,9-10H2,1-4H3. The van der Waals surface area contributed by atoms with Gasteiger partial charge >= 0.3 is 0 Å². The molecule has 1 unspecified atom stereocenters. The van der Waals surface area contributed by atoms with Crippen LogP contribution in [0.25, 0.3) is 0 Å². The van der Waals surface area contributed by atoms with Gasteiger partial charge in [-0.15, -0.1) is 0 Å². The Hall–Kier alpha value is -0.860. The smallest absolute Gasteiger partial charge is 0.0449 e. The average molecular weight is 235 g/mol. The van der Waals surface area contributed by atoms with Crippen molar-refractivity contribution >= 4 is 0 Å². The normalized spacial score (nSPS) is 13.1. The first-order valence-corrected chi connectivity index (χ1v) is 6.53. The average Bonchev–Trinajstić information content (AvgIpc) is 2.34. The minimum Gasteiger partial charge on any atom is -0.396 e. The first-order valence-electron chi connectivity index (χ1n) is 6.53. The lowest BCUT2D eigenvalue weighted by molar-refractivity contribution is 0.210. The van der Waals surface area contributed by atoms with Gasteiger partial charge in [-0.3, -0.25) is 0 Å². The predicted molar refractivity (Wildman–Crippen MR) is 73.3 cm³/mol. The van der Waals surface area contributed by atoms with E-state index in [1.165, 1.54) is 16.7 Å². The third kappa shape index (κ3) is 3.55. The highest BCUT2D eigenvalue weighted by atomic mass is 16.3. The Kier molecular flexibility index (Phi) is 5.66. The van der Waals surface area contributed by atoms with Gasteiger partial charge in [-0.05, 0) is 50.0 Å². The maximum Gasteiger partial charge on any atom is 0.0449 e. The Labute approximate surface area is 105 Å². The Morgan fingerprint density at radius 3 is 2.35 bits per heavy atom. The summed E-state index contributed by atoms with van der Waals surface area (Å²) in [6.45, 7) is 4.61. The summed E-state index contributed by atoms with van der Waals surface area (Å²) >= 11 is 0. The van der Waals surface area contributed by atoms with E-state index in [9.17, 15) is 5.11 Å². The lowest BCUT2D eigenvalue weighted by Crippen LogP contribution is -2.22. The van der Waals surface area contributed by atoms with Gasteiger partial charge in [0.05, 0.1) is 0 Å². The molecule has 1 rings (SSSR count). The van der Waals surface area contributed by atoms with Crippen molar-refractivity contribution in [2.75, 3.05) is 20.7 Å². The van der Waals surface area contributed by atoms with E-state index in [1.54, 1.807) is 0 Å². The minimum absolute atomic E-state index is 0.238. The minimum atomic E-state index is 0.238. The number of hydrogen-bond donors (Lipinski definition) is 1. The van der Waals surface area contributed by atoms with Crippen molar-refractivity contribution in [2.24, 2.45) is 0 Å². The summed E-state index contributed by atoms with van der Waals surface area (Å²) in [6, 6.07) is 7.08. The molecule has 1 N–H and O–H groups in total. The molecule has 0 saturated heterocycles. The van der Waals surface area contributed by atoms with Crippen molar-refractivity contribution in [3.8, 4) is 0 Å². The van der Waals surface area contributed by atoms with Gasteiger partial charge in [-0.1, -0.05) is 32.0 Å². The van der Waals surface area contributed by atoms with E-state index in [4.69, 9.17) is 0 Å². The van der Waals surface area contributed by atoms with Crippen LogP contribution in [0.3, 0.4) is 0 Å². The van der Waals surface area contributed by atoms with Crippen molar-refractivity contribution in [1.82, 2.24) is 4.90 Å². The van der Waals surface area contributed by atoms with Crippen molar-refractivity contribution in [1.29, 1.82) is 0 Å². The Bertz CT molecular complexity index is 347. The molecule has 1 atom stereocenters. The number of benzene rings is 1. The Morgan fingerprint density at radius 2 is 1.88 bits per heavy atom. The van der Waals surface area contributed by atoms with Crippen LogP contribution in [0.1, 0.15) is 43.0 Å². The van der Waals surface area contributed by atoms with Crippen LogP contribution in [-0.4, -0.2) is 30.7 Å². The van der Waals surface area contributed by atoms with Crippen LogP contribution >= 0.6 is 0 Å². The van der Waals surface area contributed by atoms with Crippen LogP contribution in [0.4, 0.5) is 0 Å². The van der Waals surface area contributed by atoms with Crippen LogP contribution in [0.15, 0.2) is 18.2 Å². The number of aliphatic hydroxyl groups excluding tert-OH is 1. The van der Waals surface area contributed by atoms with E-state index in [0.29, 0.717) is 6.04 Å². The van der Waals surface area contributed by atoms with Gasteiger partial charge in [-0.25, -0.2) is 0 Å². The molecule has 0 aliphatic rings. The molecule has 0 fully saturated rings. The van der Waals surface area contributed by atoms with E-state index in [0.717, 1.165) is 19.3 Å². The molecule has 2 heteroatoms. The molecule has 0 aromatic heterocycles. The second-order valence-corrected chi connectivity index (χ2v) is 4.73. The van der Waals surface area contributed by atoms with Gasteiger partial charge in [0.1, 0.15) is 0 Å². The molecule has 0 aliphatic heterocycles. The Morgan fingerprint density at radius 1 is 1.18 bits per heavy atom. The highest BCUT2D eigenvalue weighted by Gasteiger charge is 2.16. The second kappa shape index (κ2) is 6.77. The number of nitrogens with zero attached hydrogens (tertiary/aromatic N) is 1. The van der Waals surface area contributed by atoms with Crippen LogP contribution < -0.4 is 0 Å². The highest BCUT2D eigenvalue weighted by Crippen LogP contribution is 2.27. The fourth-order valence-electron chi connectivity index (χ4n) is 2.31. The molecule has 96 valence electrons. The van der Waals surface area contributed by atoms with E-state index in [2.05, 4.69) is 51.0 Å². The SMILES string of the molecule is CCc1ccc(CC)c(C(CCO)N(C)C)c1. The molecule has 0 amide bonds. The zero-order valence-corrected chi connectivity index (χ0v) is 11.5. The number of hydrogen-bond acceptors (Lipinski definition) is 2. The van der Waals surface area contributed by atoms with Gasteiger partial charge in [0, 0.05) is 12.6 Å². The van der Waals surface area contributed by atoms with E-state index in [-0.39, 0.29) is 6.61 Å². The molecule has 0 heterocycles. The summed E-state index contributed by atoms with van der Waals surface area (Å²) in [5, 5.41) is 9.21. The molecule has 0 aliphatic carbocycles. The fraction of sp³-hybridized carbons (Fsp3) is 0.600. The zero-order chi connectivity index (χ0) is 12.8. The molecule has 17 heavy (non-hydrogen) atoms. The van der Waals surface area contributed by atoms with Gasteiger partial charge in [0.25, 0.3) is 0 Å². The van der Waals surface area contributed by atoms with E-state index in [1.807, 2.05) is 0 Å². The van der Waals surface area contributed by atoms with Crippen LogP contribution in [0, 0.1) is 0 Å². The molecule has 0 spiro atoms. The second-order valence-electron chi connectivity index (χ2n) is 4.73. The zero-order valence-electron chi connectivity index (χ0n) is 11.5. The number of rotatable bonds is 6. The molecule has 1 aromatic rings. The van der Waals surface area contributed by atoms with Gasteiger partial charge < -0.3 is 10.0 Å². The van der Waals surface area contributed by atoms with Crippen molar-refractivity contribution in [2.45, 2.75) is 39.2 Å². The predicted octanol–water partition coefficient (Wildman–Crippen LogP) is 2.80. The van der Waals surface area contributed by atoms with Gasteiger partial charge in [0.2, 0.25) is 0 Å². The lowest BCUT2D eigenvalue weighted by Gasteiger charge is -2.26. The lowest BCUT2D eigenvalue weighted by atomic mass is 9.93. The monoisotopic (exact) mass is 235 g/mol. The van der Waals surface area contributed by atoms with Crippen LogP contribution in [-0.2, 0) is 12.8 Å². The summed E-state index contributed by atoms with van der Waals surface area (Å²) in [7, 11) is 4.16. The third-order valence-electron chi connectivity index (χ3n) is 3.38. The molecular weight excluding hydrogens is 210 g/mol. The maximum absolute atomic E-state index is 9.21. The van der Waals surface area contributed by atoms with Crippen LogP contribution in [0.5, 0.6) is 0 Å².